The first kappa shape index (κ1) is 10.0. The summed E-state index contributed by atoms with van der Waals surface area (Å²) in [6.45, 7) is 9.94. The highest BCUT2D eigenvalue weighted by molar-refractivity contribution is 4.76. The van der Waals surface area contributed by atoms with E-state index in [9.17, 15) is 0 Å². The van der Waals surface area contributed by atoms with Crippen molar-refractivity contribution in [1.29, 1.82) is 0 Å². The third-order valence-corrected chi connectivity index (χ3v) is 3.27. The predicted octanol–water partition coefficient (Wildman–Crippen LogP) is 3.09. The van der Waals surface area contributed by atoms with Crippen molar-refractivity contribution in [2.45, 2.75) is 46.6 Å². The molecule has 4 atom stereocenters. The van der Waals surface area contributed by atoms with E-state index in [0.717, 1.165) is 24.4 Å². The van der Waals surface area contributed by atoms with Crippen LogP contribution in [0.5, 0.6) is 0 Å². The van der Waals surface area contributed by atoms with Crippen LogP contribution in [0, 0.1) is 17.8 Å². The maximum Gasteiger partial charge on any atom is 0.0573 e. The van der Waals surface area contributed by atoms with Crippen LogP contribution < -0.4 is 0 Å². The first-order chi connectivity index (χ1) is 5.61. The summed E-state index contributed by atoms with van der Waals surface area (Å²) in [5.74, 6) is 2.89. The molecular weight excluding hydrogens is 148 g/mol. The molecule has 72 valence electrons. The van der Waals surface area contributed by atoms with Gasteiger partial charge >= 0.3 is 0 Å². The van der Waals surface area contributed by atoms with Gasteiger partial charge in [-0.15, -0.1) is 0 Å². The van der Waals surface area contributed by atoms with Crippen molar-refractivity contribution in [1.82, 2.24) is 0 Å². The van der Waals surface area contributed by atoms with Gasteiger partial charge in [0.2, 0.25) is 0 Å². The van der Waals surface area contributed by atoms with Gasteiger partial charge in [0.1, 0.15) is 0 Å². The fraction of sp³-hybridized carbons (Fsp3) is 1.00. The quantitative estimate of drug-likeness (QED) is 0.543. The molecule has 1 heteroatoms. The van der Waals surface area contributed by atoms with Gasteiger partial charge in [-0.05, 0) is 37.5 Å². The van der Waals surface area contributed by atoms with Gasteiger partial charge in [0.25, 0.3) is 0 Å². The van der Waals surface area contributed by atoms with Gasteiger partial charge in [-0.25, -0.2) is 0 Å². The fourth-order valence-corrected chi connectivity index (χ4v) is 1.35. The monoisotopic (exact) mass is 170 g/mol. The van der Waals surface area contributed by atoms with E-state index < -0.39 is 0 Å². The van der Waals surface area contributed by atoms with Crippen LogP contribution in [0.1, 0.15) is 40.5 Å². The zero-order valence-corrected chi connectivity index (χ0v) is 8.84. The van der Waals surface area contributed by atoms with Crippen LogP contribution in [0.25, 0.3) is 0 Å². The standard InChI is InChI=1S/C6H12O.C5H10/c1-5-3-4-7-6(5)2;1-4-3-5(4)2/h5-6H,3-4H2,1-2H3;4-5H,3H2,1-2H3. The third kappa shape index (κ3) is 3.14. The summed E-state index contributed by atoms with van der Waals surface area (Å²) in [5, 5.41) is 0. The van der Waals surface area contributed by atoms with Crippen molar-refractivity contribution in [3.8, 4) is 0 Å². The summed E-state index contributed by atoms with van der Waals surface area (Å²) < 4.78 is 5.27. The van der Waals surface area contributed by atoms with Crippen LogP contribution in [-0.2, 0) is 4.74 Å². The smallest absolute Gasteiger partial charge is 0.0573 e. The molecule has 0 aromatic carbocycles. The van der Waals surface area contributed by atoms with Crippen molar-refractivity contribution in [3.63, 3.8) is 0 Å². The van der Waals surface area contributed by atoms with Crippen LogP contribution in [0.15, 0.2) is 0 Å². The first-order valence-corrected chi connectivity index (χ1v) is 5.23. The van der Waals surface area contributed by atoms with Gasteiger partial charge < -0.3 is 4.74 Å². The average molecular weight is 170 g/mol. The van der Waals surface area contributed by atoms with Gasteiger partial charge in [-0.2, -0.15) is 0 Å². The van der Waals surface area contributed by atoms with Gasteiger partial charge in [0.05, 0.1) is 6.10 Å². The van der Waals surface area contributed by atoms with E-state index in [2.05, 4.69) is 27.7 Å². The molecule has 0 bridgehead atoms. The molecule has 1 heterocycles. The van der Waals surface area contributed by atoms with Crippen LogP contribution in [0.2, 0.25) is 0 Å². The molecular formula is C11H22O. The first-order valence-electron chi connectivity index (χ1n) is 5.23. The van der Waals surface area contributed by atoms with Crippen LogP contribution in [0.3, 0.4) is 0 Å². The highest BCUT2D eigenvalue weighted by Crippen LogP contribution is 2.36. The van der Waals surface area contributed by atoms with Crippen molar-refractivity contribution in [3.05, 3.63) is 0 Å². The predicted molar refractivity (Wildman–Crippen MR) is 52.1 cm³/mol. The second kappa shape index (κ2) is 4.27. The van der Waals surface area contributed by atoms with Gasteiger partial charge in [0.15, 0.2) is 0 Å². The van der Waals surface area contributed by atoms with Crippen LogP contribution in [-0.4, -0.2) is 12.7 Å². The molecule has 12 heavy (non-hydrogen) atoms. The molecule has 0 spiro atoms. The molecule has 2 fully saturated rings. The Labute approximate surface area is 76.5 Å². The number of hydrogen-bond acceptors (Lipinski definition) is 1. The lowest BCUT2D eigenvalue weighted by Gasteiger charge is -2.04. The summed E-state index contributed by atoms with van der Waals surface area (Å²) in [4.78, 5) is 0. The Morgan fingerprint density at radius 3 is 1.50 bits per heavy atom. The maximum atomic E-state index is 5.27. The number of hydrogen-bond donors (Lipinski definition) is 0. The molecule has 1 aliphatic heterocycles. The van der Waals surface area contributed by atoms with Crippen molar-refractivity contribution in [2.75, 3.05) is 6.61 Å². The third-order valence-electron chi connectivity index (χ3n) is 3.27. The molecule has 2 aliphatic rings. The summed E-state index contributed by atoms with van der Waals surface area (Å²) in [7, 11) is 0. The van der Waals surface area contributed by atoms with E-state index >= 15 is 0 Å². The SMILES string of the molecule is CC1CC1C.CC1CCOC1C. The van der Waals surface area contributed by atoms with Crippen molar-refractivity contribution >= 4 is 0 Å². The van der Waals surface area contributed by atoms with Crippen molar-refractivity contribution in [2.24, 2.45) is 17.8 Å². The van der Waals surface area contributed by atoms with E-state index in [1.54, 1.807) is 0 Å². The zero-order chi connectivity index (χ0) is 9.14. The van der Waals surface area contributed by atoms with Crippen LogP contribution in [0.4, 0.5) is 0 Å². The highest BCUT2D eigenvalue weighted by atomic mass is 16.5. The van der Waals surface area contributed by atoms with E-state index in [1.807, 2.05) is 0 Å². The van der Waals surface area contributed by atoms with Crippen molar-refractivity contribution < 1.29 is 4.74 Å². The van der Waals surface area contributed by atoms with E-state index in [0.29, 0.717) is 6.10 Å². The Balaban J connectivity index is 0.000000127. The Hall–Kier alpha value is -0.0400. The number of rotatable bonds is 0. The Morgan fingerprint density at radius 2 is 1.42 bits per heavy atom. The van der Waals surface area contributed by atoms with E-state index in [1.165, 1.54) is 12.8 Å². The lowest BCUT2D eigenvalue weighted by atomic mass is 10.1. The Morgan fingerprint density at radius 1 is 0.917 bits per heavy atom. The fourth-order valence-electron chi connectivity index (χ4n) is 1.35. The van der Waals surface area contributed by atoms with Gasteiger partial charge in [-0.3, -0.25) is 0 Å². The molecule has 1 nitrogen and oxygen atoms in total. The molecule has 0 radical (unpaired) electrons. The topological polar surface area (TPSA) is 9.23 Å². The molecule has 4 unspecified atom stereocenters. The lowest BCUT2D eigenvalue weighted by molar-refractivity contribution is 0.109. The molecule has 0 aromatic rings. The largest absolute Gasteiger partial charge is 0.378 e. The Bertz CT molecular complexity index is 119. The zero-order valence-electron chi connectivity index (χ0n) is 8.84. The summed E-state index contributed by atoms with van der Waals surface area (Å²) >= 11 is 0. The summed E-state index contributed by atoms with van der Waals surface area (Å²) in [5.41, 5.74) is 0. The average Bonchev–Trinajstić information content (AvgIpc) is 2.49. The Kier molecular flexibility index (Phi) is 3.57. The minimum Gasteiger partial charge on any atom is -0.378 e. The normalized spacial score (nSPS) is 45.0. The highest BCUT2D eigenvalue weighted by Gasteiger charge is 2.26. The second-order valence-corrected chi connectivity index (χ2v) is 4.53. The molecule has 0 N–H and O–H groups in total. The minimum atomic E-state index is 0.514. The van der Waals surface area contributed by atoms with E-state index in [4.69, 9.17) is 4.74 Å². The molecule has 1 aliphatic carbocycles. The second-order valence-electron chi connectivity index (χ2n) is 4.53. The maximum absolute atomic E-state index is 5.27. The van der Waals surface area contributed by atoms with Crippen LogP contribution >= 0.6 is 0 Å². The molecule has 2 rings (SSSR count). The molecule has 0 amide bonds. The van der Waals surface area contributed by atoms with Gasteiger partial charge in [-0.1, -0.05) is 20.8 Å². The molecule has 1 saturated carbocycles. The summed E-state index contributed by atoms with van der Waals surface area (Å²) in [6.07, 6.45) is 3.24. The summed E-state index contributed by atoms with van der Waals surface area (Å²) in [6, 6.07) is 0. The molecule has 1 saturated heterocycles. The minimum absolute atomic E-state index is 0.514. The number of ether oxygens (including phenoxy) is 1. The van der Waals surface area contributed by atoms with E-state index in [-0.39, 0.29) is 0 Å². The lowest BCUT2D eigenvalue weighted by Crippen LogP contribution is -2.05. The van der Waals surface area contributed by atoms with Gasteiger partial charge in [0, 0.05) is 6.61 Å². The molecule has 0 aromatic heterocycles.